The van der Waals surface area contributed by atoms with Gasteiger partial charge in [-0.05, 0) is 85.0 Å². The number of ether oxygens (including phenoxy) is 1. The van der Waals surface area contributed by atoms with Crippen molar-refractivity contribution in [1.29, 1.82) is 0 Å². The van der Waals surface area contributed by atoms with Crippen molar-refractivity contribution in [2.45, 2.75) is 58.3 Å². The average molecular weight is 342 g/mol. The fourth-order valence-electron chi connectivity index (χ4n) is 6.06. The monoisotopic (exact) mass is 342 g/mol. The van der Waals surface area contributed by atoms with Crippen molar-refractivity contribution < 1.29 is 14.9 Å². The molecule has 3 aliphatic carbocycles. The average Bonchev–Trinajstić information content (AvgIpc) is 2.96. The van der Waals surface area contributed by atoms with Crippen molar-refractivity contribution in [3.63, 3.8) is 0 Å². The molecular weight excluding hydrogens is 312 g/mol. The first kappa shape index (κ1) is 17.0. The lowest BCUT2D eigenvalue weighted by Gasteiger charge is -2.50. The van der Waals surface area contributed by atoms with Gasteiger partial charge < -0.3 is 14.9 Å². The fourth-order valence-corrected chi connectivity index (χ4v) is 6.06. The Labute approximate surface area is 150 Å². The predicted molar refractivity (Wildman–Crippen MR) is 99.1 cm³/mol. The lowest BCUT2D eigenvalue weighted by molar-refractivity contribution is 0.0733. The van der Waals surface area contributed by atoms with Crippen molar-refractivity contribution in [2.24, 2.45) is 17.3 Å². The quantitative estimate of drug-likeness (QED) is 0.788. The number of benzene rings is 1. The van der Waals surface area contributed by atoms with Crippen molar-refractivity contribution in [1.82, 2.24) is 0 Å². The minimum atomic E-state index is -0.0333. The van der Waals surface area contributed by atoms with Crippen LogP contribution in [0.1, 0.15) is 63.0 Å². The molecular formula is C22H30O3. The summed E-state index contributed by atoms with van der Waals surface area (Å²) in [5.74, 6) is 2.83. The van der Waals surface area contributed by atoms with E-state index in [4.69, 9.17) is 9.84 Å². The number of rotatable bonds is 4. The number of hydrogen-bond acceptors (Lipinski definition) is 3. The molecule has 0 amide bonds. The van der Waals surface area contributed by atoms with Crippen LogP contribution < -0.4 is 4.74 Å². The Kier molecular flexibility index (Phi) is 4.31. The maximum Gasteiger partial charge on any atom is 0.161 e. The van der Waals surface area contributed by atoms with Gasteiger partial charge in [-0.2, -0.15) is 0 Å². The number of aromatic hydroxyl groups is 1. The number of allylic oxidation sites excluding steroid dienone is 2. The fraction of sp³-hybridized carbons (Fsp3) is 0.636. The summed E-state index contributed by atoms with van der Waals surface area (Å²) in [6, 6.07) is 3.96. The molecule has 3 aliphatic rings. The molecule has 25 heavy (non-hydrogen) atoms. The number of aliphatic hydroxyl groups is 1. The first-order valence-electron chi connectivity index (χ1n) is 9.87. The minimum Gasteiger partial charge on any atom is -0.504 e. The highest BCUT2D eigenvalue weighted by atomic mass is 16.5. The van der Waals surface area contributed by atoms with Gasteiger partial charge in [-0.3, -0.25) is 0 Å². The zero-order chi connectivity index (χ0) is 17.6. The molecule has 1 saturated carbocycles. The Morgan fingerprint density at radius 2 is 2.12 bits per heavy atom. The van der Waals surface area contributed by atoms with Gasteiger partial charge in [0.15, 0.2) is 11.5 Å². The van der Waals surface area contributed by atoms with E-state index >= 15 is 0 Å². The highest BCUT2D eigenvalue weighted by molar-refractivity contribution is 5.49. The SMILES string of the molecule is CCC1=CC[C@H]2[C@@H]3CCc4cc(O)c(OCCO)cc4[C@H]3CC[C@]12C. The molecule has 0 saturated heterocycles. The molecule has 0 bridgehead atoms. The molecule has 3 heteroatoms. The summed E-state index contributed by atoms with van der Waals surface area (Å²) in [6.45, 7) is 4.99. The second-order valence-electron chi connectivity index (χ2n) is 8.28. The molecule has 0 aliphatic heterocycles. The van der Waals surface area contributed by atoms with Crippen molar-refractivity contribution >= 4 is 0 Å². The zero-order valence-electron chi connectivity index (χ0n) is 15.4. The summed E-state index contributed by atoms with van der Waals surface area (Å²) in [4.78, 5) is 0. The highest BCUT2D eigenvalue weighted by Gasteiger charge is 2.51. The van der Waals surface area contributed by atoms with Gasteiger partial charge in [0.2, 0.25) is 0 Å². The van der Waals surface area contributed by atoms with E-state index in [1.54, 1.807) is 5.57 Å². The topological polar surface area (TPSA) is 49.7 Å². The summed E-state index contributed by atoms with van der Waals surface area (Å²) >= 11 is 0. The molecule has 1 fully saturated rings. The smallest absolute Gasteiger partial charge is 0.161 e. The van der Waals surface area contributed by atoms with E-state index in [0.29, 0.717) is 17.1 Å². The van der Waals surface area contributed by atoms with Crippen LogP contribution in [0.25, 0.3) is 0 Å². The maximum atomic E-state index is 10.2. The number of phenolic OH excluding ortho intramolecular Hbond substituents is 1. The third-order valence-corrected chi connectivity index (χ3v) is 7.28. The van der Waals surface area contributed by atoms with E-state index in [1.165, 1.54) is 43.2 Å². The molecule has 1 aromatic rings. The van der Waals surface area contributed by atoms with Crippen LogP contribution >= 0.6 is 0 Å². The second-order valence-corrected chi connectivity index (χ2v) is 8.28. The molecule has 2 N–H and O–H groups in total. The lowest BCUT2D eigenvalue weighted by atomic mass is 9.54. The summed E-state index contributed by atoms with van der Waals surface area (Å²) in [7, 11) is 0. The Bertz CT molecular complexity index is 693. The molecule has 1 aromatic carbocycles. The van der Waals surface area contributed by atoms with Crippen LogP contribution in [0.3, 0.4) is 0 Å². The van der Waals surface area contributed by atoms with Crippen molar-refractivity contribution in [3.8, 4) is 11.5 Å². The zero-order valence-corrected chi connectivity index (χ0v) is 15.4. The van der Waals surface area contributed by atoms with Gasteiger partial charge in [-0.25, -0.2) is 0 Å². The molecule has 0 heterocycles. The first-order chi connectivity index (χ1) is 12.1. The molecule has 136 valence electrons. The van der Waals surface area contributed by atoms with Crippen molar-refractivity contribution in [2.75, 3.05) is 13.2 Å². The van der Waals surface area contributed by atoms with E-state index in [9.17, 15) is 5.11 Å². The second kappa shape index (κ2) is 6.35. The van der Waals surface area contributed by atoms with Crippen LogP contribution in [-0.2, 0) is 6.42 Å². The number of aryl methyl sites for hydroxylation is 1. The lowest BCUT2D eigenvalue weighted by Crippen LogP contribution is -2.41. The molecule has 0 radical (unpaired) electrons. The number of hydrogen-bond donors (Lipinski definition) is 2. The Morgan fingerprint density at radius 1 is 1.28 bits per heavy atom. The number of fused-ring (bicyclic) bond motifs is 5. The third kappa shape index (κ3) is 2.59. The van der Waals surface area contributed by atoms with E-state index < -0.39 is 0 Å². The normalized spacial score (nSPS) is 33.2. The van der Waals surface area contributed by atoms with Gasteiger partial charge in [0, 0.05) is 0 Å². The van der Waals surface area contributed by atoms with Gasteiger partial charge in [-0.1, -0.05) is 25.5 Å². The van der Waals surface area contributed by atoms with Gasteiger partial charge >= 0.3 is 0 Å². The Morgan fingerprint density at radius 3 is 2.88 bits per heavy atom. The Balaban J connectivity index is 1.65. The van der Waals surface area contributed by atoms with E-state index in [2.05, 4.69) is 26.0 Å². The Hall–Kier alpha value is -1.48. The molecule has 0 unspecified atom stereocenters. The van der Waals surface area contributed by atoms with Crippen LogP contribution in [0.15, 0.2) is 23.8 Å². The van der Waals surface area contributed by atoms with Gasteiger partial charge in [-0.15, -0.1) is 0 Å². The standard InChI is InChI=1S/C22H30O3/c1-3-15-5-7-19-17-6-4-14-12-20(24)21(25-11-10-23)13-18(14)16(17)8-9-22(15,19)2/h5,12-13,16-17,19,23-24H,3-4,6-11H2,1-2H3/t16-,17+,19-,22+/m0/s1. The summed E-state index contributed by atoms with van der Waals surface area (Å²) in [5.41, 5.74) is 4.76. The van der Waals surface area contributed by atoms with Crippen molar-refractivity contribution in [3.05, 3.63) is 34.9 Å². The summed E-state index contributed by atoms with van der Waals surface area (Å²) in [6.07, 6.45) is 9.74. The van der Waals surface area contributed by atoms with E-state index in [1.807, 2.05) is 6.07 Å². The predicted octanol–water partition coefficient (Wildman–Crippen LogP) is 4.57. The molecule has 4 rings (SSSR count). The van der Waals surface area contributed by atoms with Crippen LogP contribution in [0, 0.1) is 17.3 Å². The van der Waals surface area contributed by atoms with E-state index in [0.717, 1.165) is 18.3 Å². The van der Waals surface area contributed by atoms with Crippen LogP contribution in [0.5, 0.6) is 11.5 Å². The third-order valence-electron chi connectivity index (χ3n) is 7.28. The molecule has 0 aromatic heterocycles. The highest BCUT2D eigenvalue weighted by Crippen LogP contribution is 2.61. The van der Waals surface area contributed by atoms with Crippen LogP contribution in [0.4, 0.5) is 0 Å². The molecule has 4 atom stereocenters. The number of phenols is 1. The van der Waals surface area contributed by atoms with Gasteiger partial charge in [0.05, 0.1) is 6.61 Å². The van der Waals surface area contributed by atoms with Gasteiger partial charge in [0.1, 0.15) is 6.61 Å². The van der Waals surface area contributed by atoms with Crippen LogP contribution in [-0.4, -0.2) is 23.4 Å². The summed E-state index contributed by atoms with van der Waals surface area (Å²) < 4.78 is 5.56. The van der Waals surface area contributed by atoms with Crippen LogP contribution in [0.2, 0.25) is 0 Å². The number of aliphatic hydroxyl groups excluding tert-OH is 1. The maximum absolute atomic E-state index is 10.2. The van der Waals surface area contributed by atoms with E-state index in [-0.39, 0.29) is 19.0 Å². The summed E-state index contributed by atoms with van der Waals surface area (Å²) in [5, 5.41) is 19.2. The largest absolute Gasteiger partial charge is 0.504 e. The minimum absolute atomic E-state index is 0.0333. The first-order valence-corrected chi connectivity index (χ1v) is 9.87. The van der Waals surface area contributed by atoms with Gasteiger partial charge in [0.25, 0.3) is 0 Å². The molecule has 0 spiro atoms. The molecule has 3 nitrogen and oxygen atoms in total.